The predicted octanol–water partition coefficient (Wildman–Crippen LogP) is 3.71. The first-order valence-corrected chi connectivity index (χ1v) is 12.5. The number of anilines is 1. The average molecular weight is 515 g/mol. The smallest absolute Gasteiger partial charge is 0.216 e. The summed E-state index contributed by atoms with van der Waals surface area (Å²) in [5, 5.41) is 10.9. The van der Waals surface area contributed by atoms with E-state index in [-0.39, 0.29) is 5.82 Å². The summed E-state index contributed by atoms with van der Waals surface area (Å²) in [7, 11) is 1.84. The van der Waals surface area contributed by atoms with Crippen LogP contribution in [0.2, 0.25) is 0 Å². The van der Waals surface area contributed by atoms with E-state index in [4.69, 9.17) is 15.0 Å². The van der Waals surface area contributed by atoms with Gasteiger partial charge in [0.2, 0.25) is 5.82 Å². The number of nitrogens with one attached hydrogen (secondary N) is 2. The molecular weight excluding hydrogens is 484 g/mol. The van der Waals surface area contributed by atoms with E-state index in [9.17, 15) is 0 Å². The minimum atomic E-state index is 0.220. The van der Waals surface area contributed by atoms with Crippen LogP contribution in [0.15, 0.2) is 60.4 Å². The standard InChI is InChI=1S/C26H30N10O2/c1-35-18-21(14-32-35)23-17-31-26(34-27)25(33-23)28-13-19-4-2-5-20(12-19)24-29-15-22(16-30-24)38-9-3-6-36-7-10-37-11-8-36/h2,4-5,12,14-18,27H,3,6-11,13H2,1H3,(H,28,33). The lowest BCUT2D eigenvalue weighted by Crippen LogP contribution is -2.37. The van der Waals surface area contributed by atoms with Gasteiger partial charge in [-0.3, -0.25) is 9.58 Å². The zero-order valence-electron chi connectivity index (χ0n) is 21.2. The van der Waals surface area contributed by atoms with Crippen LogP contribution in [0.4, 0.5) is 11.6 Å². The summed E-state index contributed by atoms with van der Waals surface area (Å²) in [6.45, 7) is 5.67. The maximum absolute atomic E-state index is 7.44. The van der Waals surface area contributed by atoms with Crippen LogP contribution in [0.3, 0.4) is 0 Å². The van der Waals surface area contributed by atoms with E-state index in [2.05, 4.69) is 40.4 Å². The Morgan fingerprint density at radius 1 is 1.08 bits per heavy atom. The highest BCUT2D eigenvalue weighted by atomic mass is 16.5. The van der Waals surface area contributed by atoms with E-state index in [0.29, 0.717) is 36.2 Å². The lowest BCUT2D eigenvalue weighted by Gasteiger charge is -2.26. The largest absolute Gasteiger partial charge is 0.490 e. The molecule has 0 amide bonds. The Morgan fingerprint density at radius 3 is 2.68 bits per heavy atom. The van der Waals surface area contributed by atoms with Crippen molar-refractivity contribution < 1.29 is 9.47 Å². The van der Waals surface area contributed by atoms with Crippen molar-refractivity contribution in [2.75, 3.05) is 44.8 Å². The van der Waals surface area contributed by atoms with Gasteiger partial charge in [-0.2, -0.15) is 5.10 Å². The van der Waals surface area contributed by atoms with Crippen molar-refractivity contribution in [2.45, 2.75) is 13.0 Å². The van der Waals surface area contributed by atoms with E-state index in [1.54, 1.807) is 29.5 Å². The van der Waals surface area contributed by atoms with E-state index in [1.165, 1.54) is 0 Å². The van der Waals surface area contributed by atoms with Crippen molar-refractivity contribution in [2.24, 2.45) is 12.2 Å². The van der Waals surface area contributed by atoms with Crippen LogP contribution < -0.4 is 10.1 Å². The van der Waals surface area contributed by atoms with Crippen molar-refractivity contribution in [3.05, 3.63) is 60.8 Å². The van der Waals surface area contributed by atoms with Crippen LogP contribution in [0, 0.1) is 5.53 Å². The van der Waals surface area contributed by atoms with Crippen LogP contribution >= 0.6 is 0 Å². The van der Waals surface area contributed by atoms with Gasteiger partial charge in [-0.05, 0) is 18.1 Å². The second-order valence-corrected chi connectivity index (χ2v) is 8.89. The second kappa shape index (κ2) is 12.3. The minimum absolute atomic E-state index is 0.220. The molecule has 12 heteroatoms. The molecule has 4 aromatic rings. The normalized spacial score (nSPS) is 13.8. The number of nitrogens with zero attached hydrogens (tertiary/aromatic N) is 8. The molecule has 1 aromatic carbocycles. The third-order valence-corrected chi connectivity index (χ3v) is 6.12. The molecule has 0 spiro atoms. The summed E-state index contributed by atoms with van der Waals surface area (Å²) < 4.78 is 12.9. The Kier molecular flexibility index (Phi) is 8.21. The third kappa shape index (κ3) is 6.52. The molecule has 1 aliphatic heterocycles. The number of benzene rings is 1. The molecule has 3 aromatic heterocycles. The number of rotatable bonds is 11. The second-order valence-electron chi connectivity index (χ2n) is 8.89. The fourth-order valence-electron chi connectivity index (χ4n) is 4.12. The molecule has 5 rings (SSSR count). The van der Waals surface area contributed by atoms with Crippen LogP contribution in [-0.2, 0) is 18.3 Å². The highest BCUT2D eigenvalue weighted by Crippen LogP contribution is 2.25. The van der Waals surface area contributed by atoms with Crippen molar-refractivity contribution >= 4 is 11.6 Å². The minimum Gasteiger partial charge on any atom is -0.490 e. The van der Waals surface area contributed by atoms with Gasteiger partial charge in [0.15, 0.2) is 17.4 Å². The van der Waals surface area contributed by atoms with Gasteiger partial charge in [-0.1, -0.05) is 18.2 Å². The van der Waals surface area contributed by atoms with Gasteiger partial charge in [0.1, 0.15) is 0 Å². The highest BCUT2D eigenvalue weighted by molar-refractivity contribution is 5.64. The number of aryl methyl sites for hydroxylation is 1. The maximum atomic E-state index is 7.44. The first-order chi connectivity index (χ1) is 18.7. The summed E-state index contributed by atoms with van der Waals surface area (Å²) >= 11 is 0. The SMILES string of the molecule is Cn1cc(-c2cnc(N=N)c(NCc3cccc(-c4ncc(OCCCN5CCOCC5)cn4)c3)n2)cn1. The van der Waals surface area contributed by atoms with Gasteiger partial charge < -0.3 is 14.8 Å². The quantitative estimate of drug-likeness (QED) is 0.226. The number of ether oxygens (including phenoxy) is 2. The molecule has 0 aliphatic carbocycles. The highest BCUT2D eigenvalue weighted by Gasteiger charge is 2.12. The Balaban J connectivity index is 1.18. The van der Waals surface area contributed by atoms with Crippen LogP contribution in [-0.4, -0.2) is 74.1 Å². The molecule has 196 valence electrons. The van der Waals surface area contributed by atoms with Crippen molar-refractivity contribution in [3.8, 4) is 28.4 Å². The molecule has 0 bridgehead atoms. The Bertz CT molecular complexity index is 1350. The molecular formula is C26H30N10O2. The van der Waals surface area contributed by atoms with Crippen LogP contribution in [0.25, 0.3) is 22.6 Å². The topological polar surface area (TPSA) is 139 Å². The van der Waals surface area contributed by atoms with E-state index < -0.39 is 0 Å². The van der Waals surface area contributed by atoms with E-state index in [1.807, 2.05) is 37.5 Å². The summed E-state index contributed by atoms with van der Waals surface area (Å²) in [5.41, 5.74) is 10.8. The molecule has 1 aliphatic rings. The molecule has 0 radical (unpaired) electrons. The van der Waals surface area contributed by atoms with Crippen molar-refractivity contribution in [1.82, 2.24) is 34.6 Å². The summed E-state index contributed by atoms with van der Waals surface area (Å²) in [4.78, 5) is 20.3. The predicted molar refractivity (Wildman–Crippen MR) is 141 cm³/mol. The molecule has 1 fully saturated rings. The monoisotopic (exact) mass is 514 g/mol. The maximum Gasteiger partial charge on any atom is 0.216 e. The lowest BCUT2D eigenvalue weighted by atomic mass is 10.1. The number of aromatic nitrogens is 6. The molecule has 0 unspecified atom stereocenters. The Hall–Kier alpha value is -4.29. The fourth-order valence-corrected chi connectivity index (χ4v) is 4.12. The third-order valence-electron chi connectivity index (χ3n) is 6.12. The summed E-state index contributed by atoms with van der Waals surface area (Å²) in [6.07, 6.45) is 9.53. The van der Waals surface area contributed by atoms with Gasteiger partial charge >= 0.3 is 0 Å². The molecule has 12 nitrogen and oxygen atoms in total. The molecule has 4 heterocycles. The van der Waals surface area contributed by atoms with Crippen molar-refractivity contribution in [3.63, 3.8) is 0 Å². The first kappa shape index (κ1) is 25.4. The summed E-state index contributed by atoms with van der Waals surface area (Å²) in [5.74, 6) is 1.93. The molecule has 2 N–H and O–H groups in total. The summed E-state index contributed by atoms with van der Waals surface area (Å²) in [6, 6.07) is 7.94. The van der Waals surface area contributed by atoms with Gasteiger partial charge in [-0.15, -0.1) is 5.11 Å². The zero-order chi connectivity index (χ0) is 26.2. The van der Waals surface area contributed by atoms with Crippen LogP contribution in [0.5, 0.6) is 5.75 Å². The van der Waals surface area contributed by atoms with Gasteiger partial charge in [0.05, 0.1) is 50.3 Å². The van der Waals surface area contributed by atoms with Crippen molar-refractivity contribution in [1.29, 1.82) is 5.53 Å². The Morgan fingerprint density at radius 2 is 1.92 bits per heavy atom. The molecule has 1 saturated heterocycles. The fraction of sp³-hybridized carbons (Fsp3) is 0.346. The van der Waals surface area contributed by atoms with E-state index in [0.717, 1.165) is 56.0 Å². The molecule has 38 heavy (non-hydrogen) atoms. The van der Waals surface area contributed by atoms with E-state index >= 15 is 0 Å². The number of hydrogen-bond donors (Lipinski definition) is 2. The number of morpholine rings is 1. The zero-order valence-corrected chi connectivity index (χ0v) is 21.2. The van der Waals surface area contributed by atoms with Crippen LogP contribution in [0.1, 0.15) is 12.0 Å². The number of hydrogen-bond acceptors (Lipinski definition) is 11. The first-order valence-electron chi connectivity index (χ1n) is 12.5. The molecule has 0 saturated carbocycles. The Labute approximate surface area is 220 Å². The average Bonchev–Trinajstić information content (AvgIpc) is 3.41. The molecule has 0 atom stereocenters. The lowest BCUT2D eigenvalue weighted by molar-refractivity contribution is 0.0358. The van der Waals surface area contributed by atoms with Gasteiger partial charge in [-0.25, -0.2) is 25.5 Å². The van der Waals surface area contributed by atoms with Gasteiger partial charge in [0.25, 0.3) is 0 Å². The van der Waals surface area contributed by atoms with Gasteiger partial charge in [0, 0.05) is 50.6 Å².